The van der Waals surface area contributed by atoms with Crippen LogP contribution in [0.5, 0.6) is 0 Å². The molecule has 1 saturated heterocycles. The smallest absolute Gasteiger partial charge is 0.237 e. The lowest BCUT2D eigenvalue weighted by Crippen LogP contribution is -2.44. The highest BCUT2D eigenvalue weighted by molar-refractivity contribution is 5.78. The summed E-state index contributed by atoms with van der Waals surface area (Å²) in [6, 6.07) is 8.78. The summed E-state index contributed by atoms with van der Waals surface area (Å²) < 4.78 is 0. The zero-order valence-electron chi connectivity index (χ0n) is 14.8. The molecule has 1 N–H and O–H groups in total. The van der Waals surface area contributed by atoms with Gasteiger partial charge in [-0.2, -0.15) is 0 Å². The second-order valence-corrected chi connectivity index (χ2v) is 7.37. The zero-order valence-corrected chi connectivity index (χ0v) is 14.8. The first-order valence-corrected chi connectivity index (χ1v) is 9.35. The van der Waals surface area contributed by atoms with Crippen LogP contribution in [0.15, 0.2) is 24.3 Å². The van der Waals surface area contributed by atoms with Crippen LogP contribution in [0.25, 0.3) is 0 Å². The molecule has 0 spiro atoms. The van der Waals surface area contributed by atoms with E-state index in [4.69, 9.17) is 5.11 Å². The molecule has 1 amide bonds. The van der Waals surface area contributed by atoms with Crippen LogP contribution in [0, 0.1) is 5.92 Å². The second-order valence-electron chi connectivity index (χ2n) is 7.37. The van der Waals surface area contributed by atoms with Gasteiger partial charge in [-0.25, -0.2) is 0 Å². The van der Waals surface area contributed by atoms with Crippen molar-refractivity contribution in [1.29, 1.82) is 0 Å². The minimum absolute atomic E-state index is 0.223. The Kier molecular flexibility index (Phi) is 5.90. The van der Waals surface area contributed by atoms with E-state index >= 15 is 0 Å². The number of carbonyl (C=O) groups is 1. The van der Waals surface area contributed by atoms with E-state index in [9.17, 15) is 4.79 Å². The summed E-state index contributed by atoms with van der Waals surface area (Å²) in [4.78, 5) is 17.1. The summed E-state index contributed by atoms with van der Waals surface area (Å²) in [7, 11) is 1.96. The molecule has 1 heterocycles. The molecular weight excluding hydrogens is 300 g/mol. The quantitative estimate of drug-likeness (QED) is 0.902. The number of likely N-dealkylation sites (tertiary alicyclic amines) is 1. The molecule has 1 aromatic carbocycles. The monoisotopic (exact) mass is 330 g/mol. The molecule has 3 rings (SSSR count). The van der Waals surface area contributed by atoms with Gasteiger partial charge in [0.05, 0.1) is 12.6 Å². The van der Waals surface area contributed by atoms with Crippen LogP contribution in [0.2, 0.25) is 0 Å². The second kappa shape index (κ2) is 8.13. The number of amides is 1. The minimum atomic E-state index is 0.223. The number of aliphatic hydroxyl groups excluding tert-OH is 1. The van der Waals surface area contributed by atoms with E-state index in [1.165, 1.54) is 17.5 Å². The van der Waals surface area contributed by atoms with E-state index in [1.807, 2.05) is 11.9 Å². The fourth-order valence-electron chi connectivity index (χ4n) is 4.32. The number of rotatable bonds is 5. The maximum atomic E-state index is 12.8. The number of carbonyl (C=O) groups excluding carboxylic acids is 1. The van der Waals surface area contributed by atoms with Gasteiger partial charge in [-0.05, 0) is 62.1 Å². The minimum Gasteiger partial charge on any atom is -0.396 e. The van der Waals surface area contributed by atoms with Crippen LogP contribution >= 0.6 is 0 Å². The van der Waals surface area contributed by atoms with Crippen molar-refractivity contribution in [2.75, 3.05) is 33.3 Å². The maximum Gasteiger partial charge on any atom is 0.237 e. The number of piperidine rings is 1. The molecule has 1 aliphatic heterocycles. The Balaban J connectivity index is 1.61. The van der Waals surface area contributed by atoms with Gasteiger partial charge in [-0.3, -0.25) is 9.69 Å². The molecule has 24 heavy (non-hydrogen) atoms. The predicted octanol–water partition coefficient (Wildman–Crippen LogP) is 2.62. The molecule has 0 aromatic heterocycles. The highest BCUT2D eigenvalue weighted by Gasteiger charge is 2.28. The number of aliphatic hydroxyl groups is 1. The van der Waals surface area contributed by atoms with Crippen molar-refractivity contribution in [1.82, 2.24) is 9.80 Å². The highest BCUT2D eigenvalue weighted by atomic mass is 16.3. The molecule has 1 aromatic rings. The predicted molar refractivity (Wildman–Crippen MR) is 95.8 cm³/mol. The van der Waals surface area contributed by atoms with Crippen molar-refractivity contribution in [2.45, 2.75) is 44.6 Å². The third kappa shape index (κ3) is 3.98. The molecule has 2 atom stereocenters. The van der Waals surface area contributed by atoms with E-state index in [2.05, 4.69) is 29.2 Å². The van der Waals surface area contributed by atoms with Gasteiger partial charge in [0.2, 0.25) is 5.91 Å². The molecule has 4 heteroatoms. The third-order valence-corrected chi connectivity index (χ3v) is 5.70. The number of fused-ring (bicyclic) bond motifs is 1. The van der Waals surface area contributed by atoms with Crippen LogP contribution in [0.3, 0.4) is 0 Å². The van der Waals surface area contributed by atoms with Crippen LogP contribution in [-0.2, 0) is 11.2 Å². The standard InChI is InChI=1S/C20H30N2O2/c1-21(19-10-4-8-17-7-2-3-9-18(17)19)20(24)15-22-12-5-6-16(14-22)11-13-23/h2-3,7,9,16,19,23H,4-6,8,10-15H2,1H3/t16-,19+/m1/s1. The first-order valence-electron chi connectivity index (χ1n) is 9.35. The van der Waals surface area contributed by atoms with Gasteiger partial charge >= 0.3 is 0 Å². The average Bonchev–Trinajstić information content (AvgIpc) is 2.61. The van der Waals surface area contributed by atoms with Gasteiger partial charge < -0.3 is 10.0 Å². The Morgan fingerprint density at radius 1 is 1.29 bits per heavy atom. The SMILES string of the molecule is CN(C(=O)CN1CCC[C@H](CCO)C1)[C@H]1CCCc2ccccc21. The van der Waals surface area contributed by atoms with E-state index in [0.717, 1.165) is 45.2 Å². The maximum absolute atomic E-state index is 12.8. The molecule has 0 saturated carbocycles. The van der Waals surface area contributed by atoms with Gasteiger partial charge in [0.25, 0.3) is 0 Å². The lowest BCUT2D eigenvalue weighted by molar-refractivity contribution is -0.134. The molecule has 0 unspecified atom stereocenters. The van der Waals surface area contributed by atoms with Gasteiger partial charge in [0.1, 0.15) is 0 Å². The Bertz CT molecular complexity index is 558. The molecular formula is C20H30N2O2. The Labute approximate surface area is 145 Å². The van der Waals surface area contributed by atoms with Crippen LogP contribution in [0.4, 0.5) is 0 Å². The van der Waals surface area contributed by atoms with Gasteiger partial charge in [-0.15, -0.1) is 0 Å². The Hall–Kier alpha value is -1.39. The fourth-order valence-corrected chi connectivity index (χ4v) is 4.32. The molecule has 0 radical (unpaired) electrons. The zero-order chi connectivity index (χ0) is 16.9. The van der Waals surface area contributed by atoms with Gasteiger partial charge in [0.15, 0.2) is 0 Å². The molecule has 2 aliphatic rings. The first kappa shape index (κ1) is 17.4. The lowest BCUT2D eigenvalue weighted by Gasteiger charge is -2.36. The molecule has 1 aliphatic carbocycles. The van der Waals surface area contributed by atoms with Crippen LogP contribution in [-0.4, -0.2) is 54.1 Å². The van der Waals surface area contributed by atoms with Crippen molar-refractivity contribution in [3.8, 4) is 0 Å². The first-order chi connectivity index (χ1) is 11.7. The molecule has 1 fully saturated rings. The summed E-state index contributed by atoms with van der Waals surface area (Å²) in [6.45, 7) is 2.71. The Morgan fingerprint density at radius 2 is 2.12 bits per heavy atom. The van der Waals surface area contributed by atoms with E-state index < -0.39 is 0 Å². The summed E-state index contributed by atoms with van der Waals surface area (Å²) in [5.74, 6) is 0.763. The third-order valence-electron chi connectivity index (χ3n) is 5.70. The largest absolute Gasteiger partial charge is 0.396 e. The van der Waals surface area contributed by atoms with Crippen molar-refractivity contribution in [2.24, 2.45) is 5.92 Å². The summed E-state index contributed by atoms with van der Waals surface area (Å²) in [5.41, 5.74) is 2.73. The number of likely N-dealkylation sites (N-methyl/N-ethyl adjacent to an activating group) is 1. The summed E-state index contributed by atoms with van der Waals surface area (Å²) in [6.07, 6.45) is 6.51. The van der Waals surface area contributed by atoms with E-state index in [0.29, 0.717) is 12.5 Å². The highest BCUT2D eigenvalue weighted by Crippen LogP contribution is 2.33. The number of nitrogens with zero attached hydrogens (tertiary/aromatic N) is 2. The molecule has 132 valence electrons. The van der Waals surface area contributed by atoms with Crippen LogP contribution in [0.1, 0.15) is 49.3 Å². The lowest BCUT2D eigenvalue weighted by atomic mass is 9.87. The fraction of sp³-hybridized carbons (Fsp3) is 0.650. The van der Waals surface area contributed by atoms with Crippen molar-refractivity contribution in [3.63, 3.8) is 0 Å². The van der Waals surface area contributed by atoms with Crippen molar-refractivity contribution in [3.05, 3.63) is 35.4 Å². The number of hydrogen-bond acceptors (Lipinski definition) is 3. The van der Waals surface area contributed by atoms with E-state index in [-0.39, 0.29) is 18.6 Å². The topological polar surface area (TPSA) is 43.8 Å². The van der Waals surface area contributed by atoms with Gasteiger partial charge in [0, 0.05) is 20.2 Å². The van der Waals surface area contributed by atoms with Crippen LogP contribution < -0.4 is 0 Å². The van der Waals surface area contributed by atoms with E-state index in [1.54, 1.807) is 0 Å². The molecule has 0 bridgehead atoms. The average molecular weight is 330 g/mol. The normalized spacial score (nSPS) is 24.4. The summed E-state index contributed by atoms with van der Waals surface area (Å²) in [5, 5.41) is 9.14. The van der Waals surface area contributed by atoms with Crippen molar-refractivity contribution < 1.29 is 9.90 Å². The van der Waals surface area contributed by atoms with Gasteiger partial charge in [-0.1, -0.05) is 24.3 Å². The van der Waals surface area contributed by atoms with Crippen molar-refractivity contribution >= 4 is 5.91 Å². The number of benzene rings is 1. The number of hydrogen-bond donors (Lipinski definition) is 1. The summed E-state index contributed by atoms with van der Waals surface area (Å²) >= 11 is 0. The molecule has 4 nitrogen and oxygen atoms in total. The number of aryl methyl sites for hydroxylation is 1. The Morgan fingerprint density at radius 3 is 2.96 bits per heavy atom.